The van der Waals surface area contributed by atoms with Crippen molar-refractivity contribution in [1.29, 1.82) is 0 Å². The Balaban J connectivity index is 1.79. The lowest BCUT2D eigenvalue weighted by Gasteiger charge is -2.27. The third kappa shape index (κ3) is 5.49. The van der Waals surface area contributed by atoms with Gasteiger partial charge < -0.3 is 5.32 Å². The predicted octanol–water partition coefficient (Wildman–Crippen LogP) is 5.25. The molecule has 0 saturated carbocycles. The van der Waals surface area contributed by atoms with Crippen LogP contribution in [0.3, 0.4) is 0 Å². The summed E-state index contributed by atoms with van der Waals surface area (Å²) in [5, 5.41) is 3.43. The molecule has 3 rings (SSSR count). The summed E-state index contributed by atoms with van der Waals surface area (Å²) in [6, 6.07) is 12.3. The molecule has 2 aromatic carbocycles. The van der Waals surface area contributed by atoms with Crippen LogP contribution < -0.4 is 10.0 Å². The van der Waals surface area contributed by atoms with Gasteiger partial charge in [-0.05, 0) is 69.2 Å². The van der Waals surface area contributed by atoms with Crippen molar-refractivity contribution in [3.63, 3.8) is 0 Å². The molecule has 0 unspecified atom stereocenters. The average molecular weight is 494 g/mol. The molecule has 2 N–H and O–H groups in total. The van der Waals surface area contributed by atoms with E-state index in [0.717, 1.165) is 25.7 Å². The van der Waals surface area contributed by atoms with E-state index in [1.165, 1.54) is 24.3 Å². The molecule has 1 aromatic heterocycles. The fourth-order valence-electron chi connectivity index (χ4n) is 3.39. The Morgan fingerprint density at radius 2 is 1.71 bits per heavy atom. The largest absolute Gasteiger partial charge is 0.399 e. The summed E-state index contributed by atoms with van der Waals surface area (Å²) in [7, 11) is -3.40. The molecule has 1 heterocycles. The lowest BCUT2D eigenvalue weighted by molar-refractivity contribution is -0.181. The highest BCUT2D eigenvalue weighted by atomic mass is 32.2. The molecule has 10 heteroatoms. The molecule has 0 spiro atoms. The summed E-state index contributed by atoms with van der Waals surface area (Å²) < 4.78 is 65.4. The lowest BCUT2D eigenvalue weighted by Crippen LogP contribution is -2.37. The highest BCUT2D eigenvalue weighted by Crippen LogP contribution is 2.40. The Kier molecular flexibility index (Phi) is 6.67. The van der Waals surface area contributed by atoms with Crippen molar-refractivity contribution >= 4 is 32.5 Å². The van der Waals surface area contributed by atoms with E-state index >= 15 is 0 Å². The van der Waals surface area contributed by atoms with Crippen molar-refractivity contribution in [1.82, 2.24) is 10.3 Å². The normalized spacial score (nSPS) is 13.5. The number of benzene rings is 2. The van der Waals surface area contributed by atoms with Crippen LogP contribution in [0.1, 0.15) is 54.0 Å². The third-order valence-electron chi connectivity index (χ3n) is 5.69. The molecule has 1 amide bonds. The minimum absolute atomic E-state index is 0.0949. The van der Waals surface area contributed by atoms with E-state index in [4.69, 9.17) is 0 Å². The van der Waals surface area contributed by atoms with Gasteiger partial charge in [0.05, 0.1) is 29.2 Å². The predicted molar refractivity (Wildman–Crippen MR) is 126 cm³/mol. The second-order valence-electron chi connectivity index (χ2n) is 8.87. The molecular weight excluding hydrogens is 467 g/mol. The van der Waals surface area contributed by atoms with Crippen LogP contribution in [-0.2, 0) is 15.4 Å². The fourth-order valence-corrected chi connectivity index (χ4v) is 4.02. The van der Waals surface area contributed by atoms with Crippen LogP contribution in [0.4, 0.5) is 18.9 Å². The smallest absolute Gasteiger partial charge is 0.346 e. The maximum atomic E-state index is 13.3. The first kappa shape index (κ1) is 25.5. The quantitative estimate of drug-likeness (QED) is 0.491. The molecule has 182 valence electrons. The Bertz CT molecular complexity index is 1350. The molecule has 0 fully saturated rings. The van der Waals surface area contributed by atoms with Crippen molar-refractivity contribution in [2.75, 3.05) is 11.0 Å². The van der Waals surface area contributed by atoms with Crippen LogP contribution in [0.5, 0.6) is 0 Å². The van der Waals surface area contributed by atoms with Gasteiger partial charge in [0.25, 0.3) is 5.91 Å². The van der Waals surface area contributed by atoms with E-state index < -0.39 is 21.6 Å². The summed E-state index contributed by atoms with van der Waals surface area (Å²) in [6.45, 7) is 5.71. The standard InChI is InChI=1S/C24H26F3N3O3S/c1-14-12-16(6-9-19(14)30-34(5,32)33)15(2)28-22(31)18-7-10-20-17(13-18)8-11-21(29-20)23(3,4)24(25,26)27/h6-13,15,30H,1-5H3,(H,28,31)/t15-/m1/s1. The Labute approximate surface area is 196 Å². The van der Waals surface area contributed by atoms with Gasteiger partial charge in [0.15, 0.2) is 0 Å². The zero-order valence-electron chi connectivity index (χ0n) is 19.4. The number of alkyl halides is 3. The first-order valence-corrected chi connectivity index (χ1v) is 12.3. The van der Waals surface area contributed by atoms with Gasteiger partial charge in [0, 0.05) is 10.9 Å². The summed E-state index contributed by atoms with van der Waals surface area (Å²) in [5.41, 5.74) is 0.462. The lowest BCUT2D eigenvalue weighted by atomic mass is 9.87. The number of amides is 1. The summed E-state index contributed by atoms with van der Waals surface area (Å²) in [4.78, 5) is 17.0. The Hall–Kier alpha value is -3.14. The van der Waals surface area contributed by atoms with Crippen molar-refractivity contribution in [3.05, 3.63) is 70.9 Å². The molecule has 0 radical (unpaired) electrons. The van der Waals surface area contributed by atoms with Crippen LogP contribution in [0.2, 0.25) is 0 Å². The monoisotopic (exact) mass is 493 g/mol. The number of nitrogens with zero attached hydrogens (tertiary/aromatic N) is 1. The summed E-state index contributed by atoms with van der Waals surface area (Å²) >= 11 is 0. The van der Waals surface area contributed by atoms with Crippen molar-refractivity contribution in [3.8, 4) is 0 Å². The van der Waals surface area contributed by atoms with Gasteiger partial charge in [-0.3, -0.25) is 14.5 Å². The molecule has 0 aliphatic rings. The number of hydrogen-bond donors (Lipinski definition) is 2. The Morgan fingerprint density at radius 3 is 2.29 bits per heavy atom. The van der Waals surface area contributed by atoms with Crippen LogP contribution in [0, 0.1) is 6.92 Å². The SMILES string of the molecule is Cc1cc([C@@H](C)NC(=O)c2ccc3nc(C(C)(C)C(F)(F)F)ccc3c2)ccc1NS(C)(=O)=O. The van der Waals surface area contributed by atoms with Gasteiger partial charge in [-0.1, -0.05) is 18.2 Å². The fraction of sp³-hybridized carbons (Fsp3) is 0.333. The number of hydrogen-bond acceptors (Lipinski definition) is 4. The second-order valence-corrected chi connectivity index (χ2v) is 10.6. The molecule has 0 aliphatic heterocycles. The van der Waals surface area contributed by atoms with Crippen LogP contribution in [0.15, 0.2) is 48.5 Å². The van der Waals surface area contributed by atoms with Gasteiger partial charge in [-0.2, -0.15) is 13.2 Å². The minimum Gasteiger partial charge on any atom is -0.346 e. The number of halogens is 3. The molecule has 34 heavy (non-hydrogen) atoms. The highest BCUT2D eigenvalue weighted by Gasteiger charge is 2.49. The molecule has 0 saturated heterocycles. The summed E-state index contributed by atoms with van der Waals surface area (Å²) in [6.07, 6.45) is -3.37. The van der Waals surface area contributed by atoms with E-state index in [1.54, 1.807) is 38.1 Å². The highest BCUT2D eigenvalue weighted by molar-refractivity contribution is 7.92. The zero-order valence-corrected chi connectivity index (χ0v) is 20.2. The number of aromatic nitrogens is 1. The number of rotatable bonds is 6. The zero-order chi connectivity index (χ0) is 25.5. The van der Waals surface area contributed by atoms with Crippen molar-refractivity contribution in [2.24, 2.45) is 0 Å². The molecule has 1 atom stereocenters. The number of anilines is 1. The van der Waals surface area contributed by atoms with Gasteiger partial charge in [-0.25, -0.2) is 8.42 Å². The van der Waals surface area contributed by atoms with Crippen LogP contribution in [0.25, 0.3) is 10.9 Å². The van der Waals surface area contributed by atoms with Gasteiger partial charge in [-0.15, -0.1) is 0 Å². The number of aryl methyl sites for hydroxylation is 1. The molecule has 0 aliphatic carbocycles. The van der Waals surface area contributed by atoms with Gasteiger partial charge in [0.2, 0.25) is 10.0 Å². The van der Waals surface area contributed by atoms with Crippen LogP contribution >= 0.6 is 0 Å². The van der Waals surface area contributed by atoms with E-state index in [-0.39, 0.29) is 17.6 Å². The minimum atomic E-state index is -4.44. The number of sulfonamides is 1. The maximum Gasteiger partial charge on any atom is 0.399 e. The number of carbonyl (C=O) groups excluding carboxylic acids is 1. The van der Waals surface area contributed by atoms with Gasteiger partial charge in [0.1, 0.15) is 5.41 Å². The van der Waals surface area contributed by atoms with E-state index in [1.807, 2.05) is 0 Å². The molecule has 6 nitrogen and oxygen atoms in total. The first-order valence-electron chi connectivity index (χ1n) is 10.5. The number of nitrogens with one attached hydrogen (secondary N) is 2. The average Bonchev–Trinajstić information content (AvgIpc) is 2.72. The summed E-state index contributed by atoms with van der Waals surface area (Å²) in [5.74, 6) is -0.356. The third-order valence-corrected chi connectivity index (χ3v) is 6.28. The van der Waals surface area contributed by atoms with E-state index in [0.29, 0.717) is 27.7 Å². The van der Waals surface area contributed by atoms with E-state index in [2.05, 4.69) is 15.0 Å². The van der Waals surface area contributed by atoms with Crippen LogP contribution in [-0.4, -0.2) is 31.7 Å². The molecule has 3 aromatic rings. The first-order chi connectivity index (χ1) is 15.6. The maximum absolute atomic E-state index is 13.3. The number of fused-ring (bicyclic) bond motifs is 1. The van der Waals surface area contributed by atoms with Crippen molar-refractivity contribution < 1.29 is 26.4 Å². The molecular formula is C24H26F3N3O3S. The topological polar surface area (TPSA) is 88.2 Å². The Morgan fingerprint density at radius 1 is 1.03 bits per heavy atom. The number of carbonyl (C=O) groups is 1. The van der Waals surface area contributed by atoms with Crippen molar-refractivity contribution in [2.45, 2.75) is 45.3 Å². The number of pyridine rings is 1. The second kappa shape index (κ2) is 8.90. The molecule has 0 bridgehead atoms. The van der Waals surface area contributed by atoms with Gasteiger partial charge >= 0.3 is 6.18 Å². The van der Waals surface area contributed by atoms with E-state index in [9.17, 15) is 26.4 Å².